The van der Waals surface area contributed by atoms with Crippen molar-refractivity contribution in [2.24, 2.45) is 5.16 Å². The number of oxime groups is 1. The number of benzene rings is 1. The average Bonchev–Trinajstić information content (AvgIpc) is 2.54. The lowest BCUT2D eigenvalue weighted by molar-refractivity contribution is 0.344. The van der Waals surface area contributed by atoms with Crippen LogP contribution in [-0.4, -0.2) is 27.5 Å². The van der Waals surface area contributed by atoms with Gasteiger partial charge in [0.2, 0.25) is 0 Å². The minimum Gasteiger partial charge on any atom is -0.497 e. The second kappa shape index (κ2) is 6.94. The number of hydrogen-bond donors (Lipinski definition) is 0. The highest BCUT2D eigenvalue weighted by molar-refractivity contribution is 7.85. The second-order valence-corrected chi connectivity index (χ2v) is 6.19. The molecule has 0 saturated heterocycles. The van der Waals surface area contributed by atoms with Crippen LogP contribution in [0.5, 0.6) is 5.75 Å². The van der Waals surface area contributed by atoms with Crippen molar-refractivity contribution in [3.8, 4) is 11.8 Å². The highest BCUT2D eigenvalue weighted by Gasteiger charge is 2.09. The summed E-state index contributed by atoms with van der Waals surface area (Å²) in [6, 6.07) is 9.34. The van der Waals surface area contributed by atoms with E-state index < -0.39 is 10.1 Å². The van der Waals surface area contributed by atoms with Crippen LogP contribution in [0.3, 0.4) is 0 Å². The van der Waals surface area contributed by atoms with Crippen LogP contribution in [-0.2, 0) is 14.4 Å². The first kappa shape index (κ1) is 16.5. The number of ether oxygens (including phenoxy) is 1. The molecule has 2 rings (SSSR count). The van der Waals surface area contributed by atoms with E-state index in [4.69, 9.17) is 4.74 Å². The molecular formula is C16H14N2O4S. The number of nitriles is 1. The van der Waals surface area contributed by atoms with Gasteiger partial charge in [-0.15, -0.1) is 0 Å². The van der Waals surface area contributed by atoms with E-state index in [2.05, 4.69) is 15.5 Å². The summed E-state index contributed by atoms with van der Waals surface area (Å²) in [7, 11) is -2.08. The molecule has 0 spiro atoms. The summed E-state index contributed by atoms with van der Waals surface area (Å²) < 4.78 is 31.3. The Balaban J connectivity index is 2.32. The van der Waals surface area contributed by atoms with E-state index in [9.17, 15) is 13.7 Å². The van der Waals surface area contributed by atoms with Crippen molar-refractivity contribution in [2.75, 3.05) is 13.4 Å². The Morgan fingerprint density at radius 1 is 1.22 bits per heavy atom. The molecule has 1 aliphatic carbocycles. The molecule has 0 unspecified atom stereocenters. The largest absolute Gasteiger partial charge is 0.497 e. The first-order chi connectivity index (χ1) is 10.9. The molecule has 1 aliphatic rings. The molecule has 7 heteroatoms. The van der Waals surface area contributed by atoms with Crippen molar-refractivity contribution in [2.45, 2.75) is 0 Å². The maximum absolute atomic E-state index is 10.9. The van der Waals surface area contributed by atoms with E-state index in [-0.39, 0.29) is 0 Å². The van der Waals surface area contributed by atoms with Gasteiger partial charge >= 0.3 is 10.1 Å². The van der Waals surface area contributed by atoms with Gasteiger partial charge in [-0.3, -0.25) is 4.28 Å². The Hall–Kier alpha value is -2.85. The minimum atomic E-state index is -3.64. The van der Waals surface area contributed by atoms with Crippen LogP contribution in [0.4, 0.5) is 0 Å². The van der Waals surface area contributed by atoms with Crippen molar-refractivity contribution in [3.05, 3.63) is 59.7 Å². The predicted molar refractivity (Wildman–Crippen MR) is 87.2 cm³/mol. The standard InChI is InChI=1S/C16H14N2O4S/c1-21-15-5-3-4-13(10-15)16(11-17)12-6-8-14(9-7-12)18-22-23(2,19)20/h3-10H,1-2H3. The molecule has 0 radical (unpaired) electrons. The molecule has 0 bridgehead atoms. The third-order valence-electron chi connectivity index (χ3n) is 2.90. The van der Waals surface area contributed by atoms with Gasteiger partial charge < -0.3 is 4.74 Å². The number of hydrogen-bond acceptors (Lipinski definition) is 6. The molecule has 0 N–H and O–H groups in total. The first-order valence-corrected chi connectivity index (χ1v) is 8.36. The Labute approximate surface area is 134 Å². The van der Waals surface area contributed by atoms with Gasteiger partial charge in [0, 0.05) is 0 Å². The highest BCUT2D eigenvalue weighted by atomic mass is 32.2. The summed E-state index contributed by atoms with van der Waals surface area (Å²) >= 11 is 0. The van der Waals surface area contributed by atoms with Crippen molar-refractivity contribution in [3.63, 3.8) is 0 Å². The van der Waals surface area contributed by atoms with Gasteiger partial charge in [0.1, 0.15) is 17.5 Å². The van der Waals surface area contributed by atoms with Gasteiger partial charge in [-0.05, 0) is 35.4 Å². The molecule has 0 aromatic heterocycles. The van der Waals surface area contributed by atoms with Gasteiger partial charge in [-0.2, -0.15) is 13.7 Å². The fourth-order valence-electron chi connectivity index (χ4n) is 1.87. The molecule has 0 atom stereocenters. The zero-order chi connectivity index (χ0) is 16.9. The number of methoxy groups -OCH3 is 1. The van der Waals surface area contributed by atoms with E-state index in [1.807, 2.05) is 6.07 Å². The van der Waals surface area contributed by atoms with Crippen LogP contribution in [0.2, 0.25) is 0 Å². The van der Waals surface area contributed by atoms with Gasteiger partial charge in [-0.25, -0.2) is 0 Å². The van der Waals surface area contributed by atoms with E-state index in [1.165, 1.54) is 0 Å². The molecule has 118 valence electrons. The first-order valence-electron chi connectivity index (χ1n) is 6.54. The maximum atomic E-state index is 10.9. The lowest BCUT2D eigenvalue weighted by atomic mass is 9.97. The van der Waals surface area contributed by atoms with E-state index in [1.54, 1.807) is 49.6 Å². The van der Waals surface area contributed by atoms with Crippen molar-refractivity contribution in [1.82, 2.24) is 0 Å². The zero-order valence-electron chi connectivity index (χ0n) is 12.6. The SMILES string of the molecule is COc1cccc(C(C#N)=C2C=CC(=NOS(C)(=O)=O)C=C2)c1. The molecule has 0 aliphatic heterocycles. The van der Waals surface area contributed by atoms with Crippen molar-refractivity contribution < 1.29 is 17.4 Å². The second-order valence-electron chi connectivity index (χ2n) is 4.64. The normalized spacial score (nSPS) is 13.4. The van der Waals surface area contributed by atoms with Crippen LogP contribution < -0.4 is 4.74 Å². The number of nitrogens with zero attached hydrogens (tertiary/aromatic N) is 2. The fraction of sp³-hybridized carbons (Fsp3) is 0.125. The Morgan fingerprint density at radius 2 is 1.91 bits per heavy atom. The van der Waals surface area contributed by atoms with Crippen LogP contribution in [0.15, 0.2) is 59.3 Å². The molecule has 6 nitrogen and oxygen atoms in total. The highest BCUT2D eigenvalue weighted by Crippen LogP contribution is 2.25. The summed E-state index contributed by atoms with van der Waals surface area (Å²) in [6.07, 6.45) is 7.39. The van der Waals surface area contributed by atoms with E-state index in [0.717, 1.165) is 11.8 Å². The summed E-state index contributed by atoms with van der Waals surface area (Å²) in [4.78, 5) is 0. The molecule has 0 fully saturated rings. The predicted octanol–water partition coefficient (Wildman–Crippen LogP) is 2.43. The van der Waals surface area contributed by atoms with E-state index in [0.29, 0.717) is 22.6 Å². The summed E-state index contributed by atoms with van der Waals surface area (Å²) in [5, 5.41) is 12.9. The van der Waals surface area contributed by atoms with Crippen LogP contribution in [0.25, 0.3) is 5.57 Å². The van der Waals surface area contributed by atoms with Crippen LogP contribution in [0.1, 0.15) is 5.56 Å². The summed E-state index contributed by atoms with van der Waals surface area (Å²) in [5.41, 5.74) is 2.21. The third kappa shape index (κ3) is 4.56. The molecule has 0 saturated carbocycles. The maximum Gasteiger partial charge on any atom is 0.325 e. The molecule has 1 aromatic rings. The van der Waals surface area contributed by atoms with Crippen LogP contribution >= 0.6 is 0 Å². The molecule has 23 heavy (non-hydrogen) atoms. The van der Waals surface area contributed by atoms with Gasteiger partial charge in [0.15, 0.2) is 0 Å². The van der Waals surface area contributed by atoms with E-state index >= 15 is 0 Å². The molecule has 1 aromatic carbocycles. The third-order valence-corrected chi connectivity index (χ3v) is 3.25. The van der Waals surface area contributed by atoms with Crippen molar-refractivity contribution >= 4 is 21.4 Å². The number of allylic oxidation sites excluding steroid dienone is 6. The lowest BCUT2D eigenvalue weighted by Crippen LogP contribution is -2.01. The Bertz CT molecular complexity index is 854. The molecule has 0 amide bonds. The number of rotatable bonds is 4. The Morgan fingerprint density at radius 3 is 2.48 bits per heavy atom. The van der Waals surface area contributed by atoms with Crippen molar-refractivity contribution in [1.29, 1.82) is 5.26 Å². The van der Waals surface area contributed by atoms with Gasteiger partial charge in [0.05, 0.1) is 18.9 Å². The van der Waals surface area contributed by atoms with Gasteiger partial charge in [-0.1, -0.05) is 29.4 Å². The average molecular weight is 330 g/mol. The molecule has 0 heterocycles. The monoisotopic (exact) mass is 330 g/mol. The van der Waals surface area contributed by atoms with Crippen LogP contribution in [0, 0.1) is 11.3 Å². The summed E-state index contributed by atoms with van der Waals surface area (Å²) in [5.74, 6) is 0.656. The topological polar surface area (TPSA) is 88.8 Å². The summed E-state index contributed by atoms with van der Waals surface area (Å²) in [6.45, 7) is 0. The molecular weight excluding hydrogens is 316 g/mol. The van der Waals surface area contributed by atoms with Gasteiger partial charge in [0.25, 0.3) is 0 Å². The Kier molecular flexibility index (Phi) is 4.98. The quantitative estimate of drug-likeness (QED) is 0.625. The smallest absolute Gasteiger partial charge is 0.325 e. The fourth-order valence-corrected chi connectivity index (χ4v) is 2.10. The zero-order valence-corrected chi connectivity index (χ0v) is 13.4. The lowest BCUT2D eigenvalue weighted by Gasteiger charge is -2.08. The minimum absolute atomic E-state index is 0.335.